The lowest BCUT2D eigenvalue weighted by atomic mass is 10.1. The van der Waals surface area contributed by atoms with E-state index in [0.717, 1.165) is 37.3 Å². The monoisotopic (exact) mass is 284 g/mol. The lowest BCUT2D eigenvalue weighted by Crippen LogP contribution is -2.25. The van der Waals surface area contributed by atoms with Gasteiger partial charge in [-0.25, -0.2) is 4.79 Å². The Morgan fingerprint density at radius 2 is 1.80 bits per heavy atom. The van der Waals surface area contributed by atoms with Gasteiger partial charge < -0.3 is 10.6 Å². The van der Waals surface area contributed by atoms with E-state index in [0.29, 0.717) is 0 Å². The quantitative estimate of drug-likeness (QED) is 0.836. The first-order valence-corrected chi connectivity index (χ1v) is 6.38. The molecular formula is C14H15F3N2O. The predicted octanol–water partition coefficient (Wildman–Crippen LogP) is 4.28. The smallest absolute Gasteiger partial charge is 0.314 e. The zero-order valence-corrected chi connectivity index (χ0v) is 10.8. The Bertz CT molecular complexity index is 515. The maximum atomic E-state index is 12.7. The molecule has 0 saturated heterocycles. The van der Waals surface area contributed by atoms with Gasteiger partial charge in [-0.2, -0.15) is 13.2 Å². The molecule has 1 aromatic carbocycles. The van der Waals surface area contributed by atoms with Gasteiger partial charge in [0, 0.05) is 6.20 Å². The highest BCUT2D eigenvalue weighted by atomic mass is 19.4. The number of anilines is 1. The van der Waals surface area contributed by atoms with Crippen molar-refractivity contribution in [1.82, 2.24) is 5.32 Å². The van der Waals surface area contributed by atoms with E-state index in [9.17, 15) is 18.0 Å². The molecule has 2 N–H and O–H groups in total. The predicted molar refractivity (Wildman–Crippen MR) is 70.1 cm³/mol. The van der Waals surface area contributed by atoms with Crippen LogP contribution in [0.15, 0.2) is 36.0 Å². The number of alkyl halides is 3. The SMILES string of the molecule is O=C(NC=C1CCCC1)Nc1ccccc1C(F)(F)F. The van der Waals surface area contributed by atoms with Crippen molar-refractivity contribution in [3.8, 4) is 0 Å². The van der Waals surface area contributed by atoms with Crippen LogP contribution >= 0.6 is 0 Å². The highest BCUT2D eigenvalue weighted by Crippen LogP contribution is 2.34. The zero-order chi connectivity index (χ0) is 14.6. The van der Waals surface area contributed by atoms with E-state index in [1.54, 1.807) is 6.20 Å². The normalized spacial score (nSPS) is 15.1. The number of rotatable bonds is 2. The van der Waals surface area contributed by atoms with Crippen molar-refractivity contribution in [3.63, 3.8) is 0 Å². The van der Waals surface area contributed by atoms with Gasteiger partial charge in [0.2, 0.25) is 0 Å². The number of amides is 2. The second kappa shape index (κ2) is 5.98. The fourth-order valence-corrected chi connectivity index (χ4v) is 2.14. The molecule has 0 aromatic heterocycles. The van der Waals surface area contributed by atoms with Gasteiger partial charge in [0.1, 0.15) is 0 Å². The first kappa shape index (κ1) is 14.4. The number of allylic oxidation sites excluding steroid dienone is 1. The van der Waals surface area contributed by atoms with Crippen molar-refractivity contribution in [1.29, 1.82) is 0 Å². The fourth-order valence-electron chi connectivity index (χ4n) is 2.14. The van der Waals surface area contributed by atoms with Gasteiger partial charge in [0.25, 0.3) is 0 Å². The zero-order valence-electron chi connectivity index (χ0n) is 10.8. The first-order chi connectivity index (χ1) is 9.47. The van der Waals surface area contributed by atoms with Crippen molar-refractivity contribution in [3.05, 3.63) is 41.6 Å². The van der Waals surface area contributed by atoms with E-state index < -0.39 is 17.8 Å². The van der Waals surface area contributed by atoms with Crippen molar-refractivity contribution < 1.29 is 18.0 Å². The number of urea groups is 1. The molecule has 108 valence electrons. The number of nitrogens with one attached hydrogen (secondary N) is 2. The Kier molecular flexibility index (Phi) is 4.32. The lowest BCUT2D eigenvalue weighted by molar-refractivity contribution is -0.136. The van der Waals surface area contributed by atoms with E-state index in [-0.39, 0.29) is 5.69 Å². The summed E-state index contributed by atoms with van der Waals surface area (Å²) in [7, 11) is 0. The molecule has 6 heteroatoms. The van der Waals surface area contributed by atoms with Crippen LogP contribution in [0.5, 0.6) is 0 Å². The minimum atomic E-state index is -4.49. The maximum Gasteiger partial charge on any atom is 0.418 e. The average Bonchev–Trinajstić information content (AvgIpc) is 2.89. The number of hydrogen-bond acceptors (Lipinski definition) is 1. The summed E-state index contributed by atoms with van der Waals surface area (Å²) in [5.41, 5.74) is 0.00949. The van der Waals surface area contributed by atoms with E-state index in [1.807, 2.05) is 0 Å². The molecule has 20 heavy (non-hydrogen) atoms. The van der Waals surface area contributed by atoms with E-state index in [1.165, 1.54) is 18.2 Å². The molecule has 0 bridgehead atoms. The van der Waals surface area contributed by atoms with Crippen LogP contribution in [0.3, 0.4) is 0 Å². The van der Waals surface area contributed by atoms with Gasteiger partial charge in [-0.15, -0.1) is 0 Å². The minimum absolute atomic E-state index is 0.248. The highest BCUT2D eigenvalue weighted by molar-refractivity contribution is 5.90. The fraction of sp³-hybridized carbons (Fsp3) is 0.357. The van der Waals surface area contributed by atoms with Gasteiger partial charge >= 0.3 is 12.2 Å². The standard InChI is InChI=1S/C14H15F3N2O/c15-14(16,17)11-7-3-4-8-12(11)19-13(20)18-9-10-5-1-2-6-10/h3-4,7-9H,1-2,5-6H2,(H2,18,19,20). The third-order valence-corrected chi connectivity index (χ3v) is 3.13. The van der Waals surface area contributed by atoms with Crippen LogP contribution in [0, 0.1) is 0 Å². The van der Waals surface area contributed by atoms with Gasteiger partial charge in [0.05, 0.1) is 11.3 Å². The number of halogens is 3. The molecular weight excluding hydrogens is 269 g/mol. The first-order valence-electron chi connectivity index (χ1n) is 6.38. The molecule has 0 unspecified atom stereocenters. The molecule has 0 atom stereocenters. The number of carbonyl (C=O) groups excluding carboxylic acids is 1. The largest absolute Gasteiger partial charge is 0.418 e. The molecule has 1 saturated carbocycles. The van der Waals surface area contributed by atoms with Crippen molar-refractivity contribution in [2.24, 2.45) is 0 Å². The van der Waals surface area contributed by atoms with Gasteiger partial charge in [-0.05, 0) is 37.8 Å². The van der Waals surface area contributed by atoms with Crippen molar-refractivity contribution in [2.75, 3.05) is 5.32 Å². The van der Waals surface area contributed by atoms with E-state index in [4.69, 9.17) is 0 Å². The Balaban J connectivity index is 2.02. The summed E-state index contributed by atoms with van der Waals surface area (Å²) in [6, 6.07) is 4.23. The summed E-state index contributed by atoms with van der Waals surface area (Å²) < 4.78 is 38.2. The van der Waals surface area contributed by atoms with Crippen LogP contribution < -0.4 is 10.6 Å². The number of para-hydroxylation sites is 1. The summed E-state index contributed by atoms with van der Waals surface area (Å²) in [4.78, 5) is 11.6. The summed E-state index contributed by atoms with van der Waals surface area (Å²) in [6.07, 6.45) is 1.13. The number of benzene rings is 1. The molecule has 0 radical (unpaired) electrons. The van der Waals surface area contributed by atoms with Crippen molar-refractivity contribution in [2.45, 2.75) is 31.9 Å². The molecule has 1 fully saturated rings. The topological polar surface area (TPSA) is 41.1 Å². The highest BCUT2D eigenvalue weighted by Gasteiger charge is 2.33. The Morgan fingerprint density at radius 1 is 1.15 bits per heavy atom. The van der Waals surface area contributed by atoms with Crippen LogP contribution in [0.25, 0.3) is 0 Å². The Hall–Kier alpha value is -1.98. The minimum Gasteiger partial charge on any atom is -0.314 e. The molecule has 3 nitrogen and oxygen atoms in total. The van der Waals surface area contributed by atoms with Crippen LogP contribution in [0.2, 0.25) is 0 Å². The summed E-state index contributed by atoms with van der Waals surface area (Å²) >= 11 is 0. The number of carbonyl (C=O) groups is 1. The molecule has 0 spiro atoms. The van der Waals surface area contributed by atoms with E-state index >= 15 is 0 Å². The van der Waals surface area contributed by atoms with Gasteiger partial charge in [-0.1, -0.05) is 17.7 Å². The molecule has 1 aliphatic carbocycles. The summed E-state index contributed by atoms with van der Waals surface area (Å²) in [5, 5.41) is 4.70. The molecule has 1 aliphatic rings. The van der Waals surface area contributed by atoms with Crippen LogP contribution in [-0.2, 0) is 6.18 Å². The van der Waals surface area contributed by atoms with Crippen LogP contribution in [0.4, 0.5) is 23.7 Å². The Morgan fingerprint density at radius 3 is 2.45 bits per heavy atom. The lowest BCUT2D eigenvalue weighted by Gasteiger charge is -2.13. The Labute approximate surface area is 114 Å². The van der Waals surface area contributed by atoms with Crippen LogP contribution in [-0.4, -0.2) is 6.03 Å². The second-order valence-corrected chi connectivity index (χ2v) is 4.65. The third-order valence-electron chi connectivity index (χ3n) is 3.13. The van der Waals surface area contributed by atoms with Crippen LogP contribution in [0.1, 0.15) is 31.2 Å². The van der Waals surface area contributed by atoms with E-state index in [2.05, 4.69) is 10.6 Å². The summed E-state index contributed by atoms with van der Waals surface area (Å²) in [5.74, 6) is 0. The molecule has 1 aromatic rings. The summed E-state index contributed by atoms with van der Waals surface area (Å²) in [6.45, 7) is 0. The molecule has 2 amide bonds. The maximum absolute atomic E-state index is 12.7. The average molecular weight is 284 g/mol. The number of hydrogen-bond donors (Lipinski definition) is 2. The third kappa shape index (κ3) is 3.76. The van der Waals surface area contributed by atoms with Crippen molar-refractivity contribution >= 4 is 11.7 Å². The van der Waals surface area contributed by atoms with Gasteiger partial charge in [-0.3, -0.25) is 0 Å². The van der Waals surface area contributed by atoms with Gasteiger partial charge in [0.15, 0.2) is 0 Å². The molecule has 0 heterocycles. The second-order valence-electron chi connectivity index (χ2n) is 4.65. The molecule has 0 aliphatic heterocycles. The molecule has 2 rings (SSSR count).